The number of hydrogen-bond acceptors (Lipinski definition) is 5. The second-order valence-electron chi connectivity index (χ2n) is 7.15. The first-order chi connectivity index (χ1) is 15.6. The third kappa shape index (κ3) is 4.43. The molecule has 0 aliphatic carbocycles. The van der Waals surface area contributed by atoms with E-state index in [1.807, 2.05) is 36.4 Å². The summed E-state index contributed by atoms with van der Waals surface area (Å²) in [6.07, 6.45) is 5.30. The van der Waals surface area contributed by atoms with Gasteiger partial charge in [0.25, 0.3) is 11.8 Å². The highest BCUT2D eigenvalue weighted by Gasteiger charge is 2.32. The molecule has 6 nitrogen and oxygen atoms in total. The van der Waals surface area contributed by atoms with Crippen molar-refractivity contribution in [3.8, 4) is 0 Å². The Hall–Kier alpha value is -3.84. The molecule has 0 aliphatic heterocycles. The molecule has 7 heteroatoms. The Balaban J connectivity index is 1.79. The lowest BCUT2D eigenvalue weighted by Gasteiger charge is -2.30. The third-order valence-electron chi connectivity index (χ3n) is 5.11. The van der Waals surface area contributed by atoms with Gasteiger partial charge in [-0.1, -0.05) is 31.7 Å². The van der Waals surface area contributed by atoms with Crippen LogP contribution < -0.4 is 10.2 Å². The number of hydrogen-bond donors (Lipinski definition) is 1. The molecule has 0 aliphatic rings. The van der Waals surface area contributed by atoms with E-state index < -0.39 is 6.04 Å². The van der Waals surface area contributed by atoms with E-state index in [0.717, 1.165) is 22.2 Å². The first kappa shape index (κ1) is 21.4. The standard InChI is InChI=1S/C25H22N4O2S/c1-3-17-7-5-9-19(13-17)28-25(31)24(18-8-6-12-26-15-18)29(23(30)4-2)20-10-11-21-22(14-20)32-16-27-21/h4-16,24H,2-3H2,1H3,(H,28,31). The highest BCUT2D eigenvalue weighted by molar-refractivity contribution is 7.16. The van der Waals surface area contributed by atoms with E-state index in [1.54, 1.807) is 36.1 Å². The fourth-order valence-corrected chi connectivity index (χ4v) is 4.24. The topological polar surface area (TPSA) is 75.2 Å². The van der Waals surface area contributed by atoms with Gasteiger partial charge in [-0.25, -0.2) is 4.98 Å². The zero-order chi connectivity index (χ0) is 22.5. The molecule has 4 aromatic rings. The van der Waals surface area contributed by atoms with Gasteiger partial charge in [-0.3, -0.25) is 19.5 Å². The van der Waals surface area contributed by atoms with E-state index in [1.165, 1.54) is 22.3 Å². The number of fused-ring (bicyclic) bond motifs is 1. The smallest absolute Gasteiger partial charge is 0.252 e. The molecular weight excluding hydrogens is 420 g/mol. The van der Waals surface area contributed by atoms with Gasteiger partial charge in [0, 0.05) is 29.3 Å². The normalized spacial score (nSPS) is 11.7. The average Bonchev–Trinajstić information content (AvgIpc) is 3.30. The summed E-state index contributed by atoms with van der Waals surface area (Å²) in [5.74, 6) is -0.731. The van der Waals surface area contributed by atoms with Crippen molar-refractivity contribution in [2.75, 3.05) is 10.2 Å². The molecule has 0 saturated heterocycles. The lowest BCUT2D eigenvalue weighted by Crippen LogP contribution is -2.40. The molecule has 0 radical (unpaired) electrons. The van der Waals surface area contributed by atoms with E-state index in [-0.39, 0.29) is 11.8 Å². The Morgan fingerprint density at radius 2 is 2.06 bits per heavy atom. The first-order valence-corrected chi connectivity index (χ1v) is 11.1. The van der Waals surface area contributed by atoms with Crippen molar-refractivity contribution in [1.29, 1.82) is 0 Å². The number of nitrogens with zero attached hydrogens (tertiary/aromatic N) is 3. The fourth-order valence-electron chi connectivity index (χ4n) is 3.53. The maximum atomic E-state index is 13.6. The number of nitrogens with one attached hydrogen (secondary N) is 1. The minimum atomic E-state index is -0.940. The van der Waals surface area contributed by atoms with Gasteiger partial charge in [0.2, 0.25) is 0 Å². The second-order valence-corrected chi connectivity index (χ2v) is 8.04. The van der Waals surface area contributed by atoms with Gasteiger partial charge in [-0.05, 0) is 54.5 Å². The maximum Gasteiger partial charge on any atom is 0.252 e. The molecule has 0 spiro atoms. The van der Waals surface area contributed by atoms with Gasteiger partial charge in [-0.15, -0.1) is 11.3 Å². The van der Waals surface area contributed by atoms with E-state index in [4.69, 9.17) is 0 Å². The third-order valence-corrected chi connectivity index (χ3v) is 5.91. The van der Waals surface area contributed by atoms with Gasteiger partial charge >= 0.3 is 0 Å². The van der Waals surface area contributed by atoms with Crippen LogP contribution in [0.4, 0.5) is 11.4 Å². The van der Waals surface area contributed by atoms with Crippen molar-refractivity contribution < 1.29 is 9.59 Å². The van der Waals surface area contributed by atoms with Crippen molar-refractivity contribution in [1.82, 2.24) is 9.97 Å². The molecule has 4 rings (SSSR count). The van der Waals surface area contributed by atoms with E-state index in [2.05, 4.69) is 28.8 Å². The quantitative estimate of drug-likeness (QED) is 0.402. The Bertz CT molecular complexity index is 1270. The molecule has 160 valence electrons. The lowest BCUT2D eigenvalue weighted by molar-refractivity contribution is -0.121. The van der Waals surface area contributed by atoms with Crippen molar-refractivity contribution in [2.24, 2.45) is 0 Å². The monoisotopic (exact) mass is 442 g/mol. The zero-order valence-electron chi connectivity index (χ0n) is 17.6. The highest BCUT2D eigenvalue weighted by atomic mass is 32.1. The van der Waals surface area contributed by atoms with Crippen LogP contribution in [0.25, 0.3) is 10.2 Å². The van der Waals surface area contributed by atoms with Crippen LogP contribution in [0.3, 0.4) is 0 Å². The summed E-state index contributed by atoms with van der Waals surface area (Å²) >= 11 is 1.47. The van der Waals surface area contributed by atoms with Gasteiger partial charge < -0.3 is 5.32 Å². The number of aryl methyl sites for hydroxylation is 1. The number of anilines is 2. The molecule has 0 bridgehead atoms. The van der Waals surface area contributed by atoms with Crippen molar-refractivity contribution >= 4 is 44.7 Å². The molecule has 32 heavy (non-hydrogen) atoms. The summed E-state index contributed by atoms with van der Waals surface area (Å²) < 4.78 is 0.922. The number of pyridine rings is 1. The van der Waals surface area contributed by atoms with Crippen molar-refractivity contribution in [2.45, 2.75) is 19.4 Å². The van der Waals surface area contributed by atoms with Crippen LogP contribution in [0.15, 0.2) is 85.2 Å². The molecule has 0 saturated carbocycles. The first-order valence-electron chi connectivity index (χ1n) is 10.2. The number of amides is 2. The predicted molar refractivity (Wildman–Crippen MR) is 129 cm³/mol. The molecule has 2 aromatic heterocycles. The van der Waals surface area contributed by atoms with Gasteiger partial charge in [0.05, 0.1) is 15.7 Å². The molecule has 1 N–H and O–H groups in total. The fraction of sp³-hybridized carbons (Fsp3) is 0.120. The predicted octanol–water partition coefficient (Wildman–Crippen LogP) is 5.15. The second kappa shape index (κ2) is 9.53. The van der Waals surface area contributed by atoms with E-state index in [9.17, 15) is 9.59 Å². The van der Waals surface area contributed by atoms with Crippen LogP contribution >= 0.6 is 11.3 Å². The molecule has 0 fully saturated rings. The van der Waals surface area contributed by atoms with Gasteiger partial charge in [0.1, 0.15) is 6.04 Å². The molecular formula is C25H22N4O2S. The van der Waals surface area contributed by atoms with Crippen LogP contribution in [0.2, 0.25) is 0 Å². The molecule has 2 heterocycles. The van der Waals surface area contributed by atoms with Crippen LogP contribution in [-0.4, -0.2) is 21.8 Å². The highest BCUT2D eigenvalue weighted by Crippen LogP contribution is 2.32. The number of rotatable bonds is 7. The van der Waals surface area contributed by atoms with Gasteiger partial charge in [0.15, 0.2) is 0 Å². The van der Waals surface area contributed by atoms with Crippen molar-refractivity contribution in [3.05, 3.63) is 96.3 Å². The Morgan fingerprint density at radius 1 is 1.19 bits per heavy atom. The SMILES string of the molecule is C=CC(=O)N(c1ccc2ncsc2c1)C(C(=O)Nc1cccc(CC)c1)c1cccnc1. The lowest BCUT2D eigenvalue weighted by atomic mass is 10.0. The van der Waals surface area contributed by atoms with E-state index in [0.29, 0.717) is 16.9 Å². The molecule has 2 aromatic carbocycles. The van der Waals surface area contributed by atoms with Crippen LogP contribution in [-0.2, 0) is 16.0 Å². The van der Waals surface area contributed by atoms with Crippen LogP contribution in [0, 0.1) is 0 Å². The summed E-state index contributed by atoms with van der Waals surface area (Å²) in [4.78, 5) is 36.6. The van der Waals surface area contributed by atoms with E-state index >= 15 is 0 Å². The number of benzene rings is 2. The number of aromatic nitrogens is 2. The Kier molecular flexibility index (Phi) is 6.37. The summed E-state index contributed by atoms with van der Waals surface area (Å²) in [5.41, 5.74) is 5.54. The average molecular weight is 443 g/mol. The minimum absolute atomic E-state index is 0.342. The molecule has 1 unspecified atom stereocenters. The molecule has 2 amide bonds. The zero-order valence-corrected chi connectivity index (χ0v) is 18.4. The number of carbonyl (C=O) groups excluding carboxylic acids is 2. The van der Waals surface area contributed by atoms with Crippen LogP contribution in [0.1, 0.15) is 24.1 Å². The summed E-state index contributed by atoms with van der Waals surface area (Å²) in [6.45, 7) is 5.71. The summed E-state index contributed by atoms with van der Waals surface area (Å²) in [6, 6.07) is 15.8. The maximum absolute atomic E-state index is 13.6. The Morgan fingerprint density at radius 3 is 2.81 bits per heavy atom. The van der Waals surface area contributed by atoms with Crippen molar-refractivity contribution in [3.63, 3.8) is 0 Å². The summed E-state index contributed by atoms with van der Waals surface area (Å²) in [7, 11) is 0. The Labute approximate surface area is 190 Å². The van der Waals surface area contributed by atoms with Crippen LogP contribution in [0.5, 0.6) is 0 Å². The number of thiazole rings is 1. The largest absolute Gasteiger partial charge is 0.324 e. The molecule has 1 atom stereocenters. The number of carbonyl (C=O) groups is 2. The van der Waals surface area contributed by atoms with Gasteiger partial charge in [-0.2, -0.15) is 0 Å². The minimum Gasteiger partial charge on any atom is -0.324 e. The summed E-state index contributed by atoms with van der Waals surface area (Å²) in [5, 5.41) is 2.97.